The molecule has 0 bridgehead atoms. The maximum Gasteiger partial charge on any atom is 0.389 e. The van der Waals surface area contributed by atoms with Crippen LogP contribution in [-0.4, -0.2) is 25.0 Å². The molecule has 1 heterocycles. The van der Waals surface area contributed by atoms with Gasteiger partial charge in [-0.25, -0.2) is 0 Å². The zero-order valence-corrected chi connectivity index (χ0v) is 10.9. The monoisotopic (exact) mass is 275 g/mol. The van der Waals surface area contributed by atoms with E-state index in [1.54, 1.807) is 18.8 Å². The number of rotatable bonds is 4. The quantitative estimate of drug-likeness (QED) is 0.897. The van der Waals surface area contributed by atoms with Crippen LogP contribution in [0.4, 0.5) is 13.2 Å². The number of likely N-dealkylation sites (N-methyl/N-ethyl adjacent to an activating group) is 1. The first-order valence-electron chi connectivity index (χ1n) is 5.97. The van der Waals surface area contributed by atoms with Crippen molar-refractivity contribution >= 4 is 11.8 Å². The van der Waals surface area contributed by atoms with Crippen molar-refractivity contribution in [2.75, 3.05) is 12.8 Å². The number of nitrogens with one attached hydrogen (secondary N) is 1. The molecule has 0 amide bonds. The van der Waals surface area contributed by atoms with Crippen LogP contribution in [0, 0.1) is 0 Å². The molecule has 0 aliphatic carbocycles. The first-order chi connectivity index (χ1) is 8.51. The fraction of sp³-hybridized carbons (Fsp3) is 0.538. The second kappa shape index (κ2) is 5.53. The maximum absolute atomic E-state index is 12.3. The molecule has 0 radical (unpaired) electrons. The number of benzene rings is 1. The van der Waals surface area contributed by atoms with E-state index in [1.807, 2.05) is 24.3 Å². The van der Waals surface area contributed by atoms with E-state index in [0.717, 1.165) is 5.75 Å². The summed E-state index contributed by atoms with van der Waals surface area (Å²) < 4.78 is 36.9. The SMILES string of the molecule is CNC(CCC(F)(F)F)C1CSc2ccccc21. The van der Waals surface area contributed by atoms with Crippen LogP contribution in [0.2, 0.25) is 0 Å². The van der Waals surface area contributed by atoms with Crippen LogP contribution < -0.4 is 5.32 Å². The van der Waals surface area contributed by atoms with Crippen LogP contribution in [0.3, 0.4) is 0 Å². The summed E-state index contributed by atoms with van der Waals surface area (Å²) in [5.74, 6) is 1.04. The molecule has 0 saturated carbocycles. The molecule has 1 N–H and O–H groups in total. The molecule has 1 aromatic rings. The first-order valence-corrected chi connectivity index (χ1v) is 6.95. The second-order valence-electron chi connectivity index (χ2n) is 4.50. The number of alkyl halides is 3. The Morgan fingerprint density at radius 1 is 1.39 bits per heavy atom. The molecule has 2 atom stereocenters. The van der Waals surface area contributed by atoms with E-state index < -0.39 is 12.6 Å². The summed E-state index contributed by atoms with van der Waals surface area (Å²) >= 11 is 1.73. The largest absolute Gasteiger partial charge is 0.389 e. The van der Waals surface area contributed by atoms with Gasteiger partial charge in [-0.05, 0) is 25.1 Å². The highest BCUT2D eigenvalue weighted by atomic mass is 32.2. The lowest BCUT2D eigenvalue weighted by molar-refractivity contribution is -0.136. The Hall–Kier alpha value is -0.680. The van der Waals surface area contributed by atoms with Gasteiger partial charge in [0.05, 0.1) is 0 Å². The number of hydrogen-bond donors (Lipinski definition) is 1. The number of fused-ring (bicyclic) bond motifs is 1. The summed E-state index contributed by atoms with van der Waals surface area (Å²) in [4.78, 5) is 1.20. The molecule has 0 fully saturated rings. The Labute approximate surface area is 109 Å². The van der Waals surface area contributed by atoms with Crippen LogP contribution in [0.15, 0.2) is 29.2 Å². The lowest BCUT2D eigenvalue weighted by Crippen LogP contribution is -2.33. The molecular formula is C13H16F3NS. The van der Waals surface area contributed by atoms with Crippen LogP contribution >= 0.6 is 11.8 Å². The van der Waals surface area contributed by atoms with Crippen molar-refractivity contribution in [2.24, 2.45) is 0 Å². The van der Waals surface area contributed by atoms with Gasteiger partial charge in [0.15, 0.2) is 0 Å². The molecule has 5 heteroatoms. The van der Waals surface area contributed by atoms with Crippen molar-refractivity contribution in [1.82, 2.24) is 5.32 Å². The third kappa shape index (κ3) is 3.20. The van der Waals surface area contributed by atoms with Gasteiger partial charge in [0.25, 0.3) is 0 Å². The molecule has 18 heavy (non-hydrogen) atoms. The van der Waals surface area contributed by atoms with Crippen molar-refractivity contribution in [3.8, 4) is 0 Å². The van der Waals surface area contributed by atoms with Crippen molar-refractivity contribution in [3.63, 3.8) is 0 Å². The van der Waals surface area contributed by atoms with E-state index in [2.05, 4.69) is 5.32 Å². The third-order valence-corrected chi connectivity index (χ3v) is 4.54. The van der Waals surface area contributed by atoms with E-state index >= 15 is 0 Å². The summed E-state index contributed by atoms with van der Waals surface area (Å²) in [7, 11) is 1.74. The molecule has 0 spiro atoms. The lowest BCUT2D eigenvalue weighted by Gasteiger charge is -2.24. The molecule has 0 saturated heterocycles. The molecule has 0 aromatic heterocycles. The second-order valence-corrected chi connectivity index (χ2v) is 5.57. The molecule has 2 unspecified atom stereocenters. The van der Waals surface area contributed by atoms with Gasteiger partial charge in [-0.15, -0.1) is 11.8 Å². The zero-order chi connectivity index (χ0) is 13.2. The number of hydrogen-bond acceptors (Lipinski definition) is 2. The maximum atomic E-state index is 12.3. The highest BCUT2D eigenvalue weighted by Gasteiger charge is 2.33. The van der Waals surface area contributed by atoms with Gasteiger partial charge in [0.2, 0.25) is 0 Å². The average Bonchev–Trinajstić information content (AvgIpc) is 2.73. The molecule has 1 nitrogen and oxygen atoms in total. The highest BCUT2D eigenvalue weighted by Crippen LogP contribution is 2.42. The van der Waals surface area contributed by atoms with Crippen LogP contribution in [0.5, 0.6) is 0 Å². The van der Waals surface area contributed by atoms with Crippen molar-refractivity contribution in [2.45, 2.75) is 35.9 Å². The summed E-state index contributed by atoms with van der Waals surface area (Å²) in [5.41, 5.74) is 1.18. The minimum atomic E-state index is -4.07. The van der Waals surface area contributed by atoms with Gasteiger partial charge in [0.1, 0.15) is 0 Å². The van der Waals surface area contributed by atoms with Crippen molar-refractivity contribution in [3.05, 3.63) is 29.8 Å². The smallest absolute Gasteiger partial charge is 0.316 e. The standard InChI is InChI=1S/C13H16F3NS/c1-17-11(6-7-13(14,15)16)10-8-18-12-5-3-2-4-9(10)12/h2-5,10-11,17H,6-8H2,1H3. The molecule has 1 aromatic carbocycles. The topological polar surface area (TPSA) is 12.0 Å². The molecule has 100 valence electrons. The molecule has 2 rings (SSSR count). The summed E-state index contributed by atoms with van der Waals surface area (Å²) in [6.07, 6.45) is -4.65. The number of thioether (sulfide) groups is 1. The van der Waals surface area contributed by atoms with Crippen LogP contribution in [-0.2, 0) is 0 Å². The van der Waals surface area contributed by atoms with E-state index in [0.29, 0.717) is 0 Å². The summed E-state index contributed by atoms with van der Waals surface area (Å²) in [5, 5.41) is 3.04. The summed E-state index contributed by atoms with van der Waals surface area (Å²) in [6.45, 7) is 0. The van der Waals surface area contributed by atoms with E-state index in [1.165, 1.54) is 10.5 Å². The highest BCUT2D eigenvalue weighted by molar-refractivity contribution is 7.99. The minimum Gasteiger partial charge on any atom is -0.316 e. The normalized spacial score (nSPS) is 20.8. The Kier molecular flexibility index (Phi) is 4.22. The summed E-state index contributed by atoms with van der Waals surface area (Å²) in [6, 6.07) is 7.88. The Morgan fingerprint density at radius 2 is 2.11 bits per heavy atom. The third-order valence-electron chi connectivity index (χ3n) is 3.33. The van der Waals surface area contributed by atoms with Crippen molar-refractivity contribution < 1.29 is 13.2 Å². The predicted octanol–water partition coefficient (Wildman–Crippen LogP) is 3.81. The predicted molar refractivity (Wildman–Crippen MR) is 68.0 cm³/mol. The average molecular weight is 275 g/mol. The van der Waals surface area contributed by atoms with Gasteiger partial charge >= 0.3 is 6.18 Å². The van der Waals surface area contributed by atoms with Gasteiger partial charge in [-0.2, -0.15) is 13.2 Å². The molecular weight excluding hydrogens is 259 g/mol. The van der Waals surface area contributed by atoms with E-state index in [9.17, 15) is 13.2 Å². The Bertz CT molecular complexity index is 405. The lowest BCUT2D eigenvalue weighted by atomic mass is 9.90. The van der Waals surface area contributed by atoms with E-state index in [4.69, 9.17) is 0 Å². The Balaban J connectivity index is 2.06. The number of halogens is 3. The van der Waals surface area contributed by atoms with Crippen LogP contribution in [0.25, 0.3) is 0 Å². The van der Waals surface area contributed by atoms with E-state index in [-0.39, 0.29) is 18.4 Å². The molecule has 1 aliphatic heterocycles. The van der Waals surface area contributed by atoms with Gasteiger partial charge in [0, 0.05) is 29.0 Å². The fourth-order valence-electron chi connectivity index (χ4n) is 2.39. The van der Waals surface area contributed by atoms with Crippen LogP contribution in [0.1, 0.15) is 24.3 Å². The first kappa shape index (κ1) is 13.7. The Morgan fingerprint density at radius 3 is 2.78 bits per heavy atom. The molecule has 1 aliphatic rings. The minimum absolute atomic E-state index is 0.109. The van der Waals surface area contributed by atoms with Gasteiger partial charge in [-0.1, -0.05) is 18.2 Å². The zero-order valence-electron chi connectivity index (χ0n) is 10.1. The van der Waals surface area contributed by atoms with Gasteiger partial charge in [-0.3, -0.25) is 0 Å². The fourth-order valence-corrected chi connectivity index (χ4v) is 3.72. The van der Waals surface area contributed by atoms with Gasteiger partial charge < -0.3 is 5.32 Å². The van der Waals surface area contributed by atoms with Crippen molar-refractivity contribution in [1.29, 1.82) is 0 Å².